The summed E-state index contributed by atoms with van der Waals surface area (Å²) in [4.78, 5) is 5.50. The quantitative estimate of drug-likeness (QED) is 0.736. The van der Waals surface area contributed by atoms with E-state index in [-0.39, 0.29) is 6.10 Å². The lowest BCUT2D eigenvalue weighted by Gasteiger charge is -2.11. The molecular formula is C18H17NO. The molecule has 0 unspecified atom stereocenters. The smallest absolute Gasteiger partial charge is 0.158 e. The zero-order chi connectivity index (χ0) is 13.8. The Hall–Kier alpha value is -2.35. The van der Waals surface area contributed by atoms with Crippen molar-refractivity contribution in [3.8, 4) is 0 Å². The van der Waals surface area contributed by atoms with Gasteiger partial charge in [-0.2, -0.15) is 0 Å². The van der Waals surface area contributed by atoms with Crippen molar-refractivity contribution in [1.82, 2.24) is 0 Å². The van der Waals surface area contributed by atoms with Gasteiger partial charge in [-0.25, -0.2) is 0 Å². The van der Waals surface area contributed by atoms with Gasteiger partial charge in [0.2, 0.25) is 0 Å². The van der Waals surface area contributed by atoms with E-state index in [1.165, 1.54) is 16.7 Å². The van der Waals surface area contributed by atoms with Crippen molar-refractivity contribution in [2.45, 2.75) is 19.4 Å². The SMILES string of the molecule is CC1=NO[C@@H](c2ccccc2/C=C/c2ccccc2)C1. The molecule has 2 nitrogen and oxygen atoms in total. The topological polar surface area (TPSA) is 21.6 Å². The van der Waals surface area contributed by atoms with Gasteiger partial charge in [0.25, 0.3) is 0 Å². The van der Waals surface area contributed by atoms with Crippen molar-refractivity contribution in [3.05, 3.63) is 71.3 Å². The van der Waals surface area contributed by atoms with E-state index in [1.54, 1.807) is 0 Å². The minimum absolute atomic E-state index is 0.0478. The maximum absolute atomic E-state index is 5.50. The monoisotopic (exact) mass is 263 g/mol. The van der Waals surface area contributed by atoms with Crippen LogP contribution < -0.4 is 0 Å². The van der Waals surface area contributed by atoms with Gasteiger partial charge < -0.3 is 4.84 Å². The van der Waals surface area contributed by atoms with Gasteiger partial charge in [0.1, 0.15) is 0 Å². The van der Waals surface area contributed by atoms with Crippen LogP contribution in [0, 0.1) is 0 Å². The van der Waals surface area contributed by atoms with Gasteiger partial charge in [-0.05, 0) is 18.1 Å². The van der Waals surface area contributed by atoms with Crippen LogP contribution in [0.4, 0.5) is 0 Å². The average molecular weight is 263 g/mol. The zero-order valence-corrected chi connectivity index (χ0v) is 11.5. The van der Waals surface area contributed by atoms with Crippen LogP contribution in [0.15, 0.2) is 59.8 Å². The molecule has 0 aromatic heterocycles. The molecule has 0 bridgehead atoms. The Balaban J connectivity index is 1.85. The largest absolute Gasteiger partial charge is 0.387 e. The van der Waals surface area contributed by atoms with Crippen LogP contribution in [-0.4, -0.2) is 5.71 Å². The lowest BCUT2D eigenvalue weighted by molar-refractivity contribution is 0.0856. The summed E-state index contributed by atoms with van der Waals surface area (Å²) < 4.78 is 0. The minimum atomic E-state index is 0.0478. The number of hydrogen-bond donors (Lipinski definition) is 0. The van der Waals surface area contributed by atoms with Crippen LogP contribution in [0.1, 0.15) is 36.1 Å². The molecule has 1 aliphatic heterocycles. The van der Waals surface area contributed by atoms with E-state index < -0.39 is 0 Å². The van der Waals surface area contributed by atoms with Crippen LogP contribution in [-0.2, 0) is 4.84 Å². The molecule has 20 heavy (non-hydrogen) atoms. The maximum Gasteiger partial charge on any atom is 0.158 e. The highest BCUT2D eigenvalue weighted by Gasteiger charge is 2.21. The average Bonchev–Trinajstić information content (AvgIpc) is 2.93. The van der Waals surface area contributed by atoms with Crippen molar-refractivity contribution >= 4 is 17.9 Å². The molecule has 3 rings (SSSR count). The third-order valence-electron chi connectivity index (χ3n) is 3.41. The molecule has 0 fully saturated rings. The van der Waals surface area contributed by atoms with Crippen LogP contribution >= 0.6 is 0 Å². The Morgan fingerprint density at radius 1 is 1.00 bits per heavy atom. The van der Waals surface area contributed by atoms with Gasteiger partial charge in [0.05, 0.1) is 5.71 Å². The zero-order valence-electron chi connectivity index (χ0n) is 11.5. The summed E-state index contributed by atoms with van der Waals surface area (Å²) in [6.45, 7) is 2.00. The van der Waals surface area contributed by atoms with Crippen molar-refractivity contribution in [2.24, 2.45) is 5.16 Å². The third-order valence-corrected chi connectivity index (χ3v) is 3.41. The number of oxime groups is 1. The molecule has 1 aliphatic rings. The van der Waals surface area contributed by atoms with Crippen LogP contribution in [0.3, 0.4) is 0 Å². The Labute approximate surface area is 119 Å². The van der Waals surface area contributed by atoms with E-state index in [4.69, 9.17) is 4.84 Å². The number of nitrogens with zero attached hydrogens (tertiary/aromatic N) is 1. The van der Waals surface area contributed by atoms with E-state index in [0.717, 1.165) is 12.1 Å². The summed E-state index contributed by atoms with van der Waals surface area (Å²) in [5.74, 6) is 0. The summed E-state index contributed by atoms with van der Waals surface area (Å²) in [6.07, 6.45) is 5.19. The van der Waals surface area contributed by atoms with Gasteiger partial charge in [-0.1, -0.05) is 71.9 Å². The van der Waals surface area contributed by atoms with Crippen molar-refractivity contribution in [1.29, 1.82) is 0 Å². The number of rotatable bonds is 3. The number of benzene rings is 2. The molecule has 2 heteroatoms. The molecule has 0 saturated carbocycles. The first-order valence-corrected chi connectivity index (χ1v) is 6.84. The van der Waals surface area contributed by atoms with Crippen LogP contribution in [0.5, 0.6) is 0 Å². The third kappa shape index (κ3) is 2.80. The van der Waals surface area contributed by atoms with E-state index in [0.29, 0.717) is 0 Å². The molecule has 0 radical (unpaired) electrons. The summed E-state index contributed by atoms with van der Waals surface area (Å²) in [7, 11) is 0. The van der Waals surface area contributed by atoms with Gasteiger partial charge in [-0.3, -0.25) is 0 Å². The standard InChI is InChI=1S/C18H17NO/c1-14-13-18(20-19-14)17-10-6-5-9-16(17)12-11-15-7-3-2-4-8-15/h2-12,18H,13H2,1H3/b12-11+/t18-/m1/s1. The van der Waals surface area contributed by atoms with E-state index in [2.05, 4.69) is 47.6 Å². The van der Waals surface area contributed by atoms with Crippen molar-refractivity contribution < 1.29 is 4.84 Å². The van der Waals surface area contributed by atoms with Crippen molar-refractivity contribution in [3.63, 3.8) is 0 Å². The molecule has 2 aromatic rings. The fourth-order valence-electron chi connectivity index (χ4n) is 2.37. The second-order valence-electron chi connectivity index (χ2n) is 5.00. The lowest BCUT2D eigenvalue weighted by atomic mass is 9.98. The molecule has 0 amide bonds. The normalized spacial score (nSPS) is 18.1. The Kier molecular flexibility index (Phi) is 3.64. The second-order valence-corrected chi connectivity index (χ2v) is 5.00. The van der Waals surface area contributed by atoms with Gasteiger partial charge >= 0.3 is 0 Å². The Bertz CT molecular complexity index is 643. The first-order chi connectivity index (χ1) is 9.83. The Morgan fingerprint density at radius 2 is 1.75 bits per heavy atom. The second kappa shape index (κ2) is 5.74. The summed E-state index contributed by atoms with van der Waals surface area (Å²) in [5.41, 5.74) is 4.63. The highest BCUT2D eigenvalue weighted by Crippen LogP contribution is 2.30. The van der Waals surface area contributed by atoms with Gasteiger partial charge in [0, 0.05) is 12.0 Å². The highest BCUT2D eigenvalue weighted by atomic mass is 16.6. The van der Waals surface area contributed by atoms with E-state index >= 15 is 0 Å². The fraction of sp³-hybridized carbons (Fsp3) is 0.167. The van der Waals surface area contributed by atoms with Gasteiger partial charge in [0.15, 0.2) is 6.10 Å². The summed E-state index contributed by atoms with van der Waals surface area (Å²) in [5, 5.41) is 4.05. The molecule has 0 aliphatic carbocycles. The highest BCUT2D eigenvalue weighted by molar-refractivity contribution is 5.83. The molecule has 0 N–H and O–H groups in total. The molecule has 2 aromatic carbocycles. The fourth-order valence-corrected chi connectivity index (χ4v) is 2.37. The molecule has 0 spiro atoms. The first-order valence-electron chi connectivity index (χ1n) is 6.84. The van der Waals surface area contributed by atoms with Crippen LogP contribution in [0.25, 0.3) is 12.2 Å². The van der Waals surface area contributed by atoms with Crippen molar-refractivity contribution in [2.75, 3.05) is 0 Å². The minimum Gasteiger partial charge on any atom is -0.387 e. The van der Waals surface area contributed by atoms with E-state index in [9.17, 15) is 0 Å². The summed E-state index contributed by atoms with van der Waals surface area (Å²) in [6, 6.07) is 18.6. The summed E-state index contributed by atoms with van der Waals surface area (Å²) >= 11 is 0. The maximum atomic E-state index is 5.50. The molecule has 1 heterocycles. The predicted octanol–water partition coefficient (Wildman–Crippen LogP) is 4.69. The Morgan fingerprint density at radius 3 is 2.50 bits per heavy atom. The molecule has 0 saturated heterocycles. The van der Waals surface area contributed by atoms with Crippen LogP contribution in [0.2, 0.25) is 0 Å². The van der Waals surface area contributed by atoms with E-state index in [1.807, 2.05) is 31.2 Å². The molecule has 1 atom stereocenters. The molecule has 100 valence electrons. The lowest BCUT2D eigenvalue weighted by Crippen LogP contribution is -2.00. The predicted molar refractivity (Wildman–Crippen MR) is 83.4 cm³/mol. The molecular weight excluding hydrogens is 246 g/mol. The first kappa shape index (κ1) is 12.7. The van der Waals surface area contributed by atoms with Gasteiger partial charge in [-0.15, -0.1) is 0 Å². The number of hydrogen-bond acceptors (Lipinski definition) is 2.